The molecular formula is C52H81N9O9S. The van der Waals surface area contributed by atoms with Crippen LogP contribution in [0.3, 0.4) is 0 Å². The quantitative estimate of drug-likeness (QED) is 0.0612. The average molecular weight is 1010 g/mol. The molecular weight excluding hydrogens is 927 g/mol. The summed E-state index contributed by atoms with van der Waals surface area (Å²) in [5, 5.41) is 11.3. The van der Waals surface area contributed by atoms with E-state index in [4.69, 9.17) is 16.2 Å². The van der Waals surface area contributed by atoms with E-state index in [9.17, 15) is 37.8 Å². The monoisotopic (exact) mass is 1010 g/mol. The third-order valence-electron chi connectivity index (χ3n) is 12.7. The lowest BCUT2D eigenvalue weighted by Gasteiger charge is -2.42. The molecule has 0 spiro atoms. The Morgan fingerprint density at radius 2 is 1.38 bits per heavy atom. The van der Waals surface area contributed by atoms with Crippen molar-refractivity contribution in [2.75, 3.05) is 20.6 Å². The van der Waals surface area contributed by atoms with E-state index in [0.717, 1.165) is 11.1 Å². The van der Waals surface area contributed by atoms with E-state index in [0.29, 0.717) is 24.2 Å². The van der Waals surface area contributed by atoms with Crippen LogP contribution in [0.2, 0.25) is 0 Å². The van der Waals surface area contributed by atoms with Crippen LogP contribution in [0.4, 0.5) is 9.59 Å². The van der Waals surface area contributed by atoms with E-state index in [1.54, 1.807) is 78.9 Å². The second kappa shape index (κ2) is 24.5. The van der Waals surface area contributed by atoms with Gasteiger partial charge < -0.3 is 42.4 Å². The maximum atomic E-state index is 14.6. The van der Waals surface area contributed by atoms with Gasteiger partial charge in [0.15, 0.2) is 11.0 Å². The maximum Gasteiger partial charge on any atom is 0.410 e. The topological polar surface area (TPSA) is 264 Å². The van der Waals surface area contributed by atoms with Gasteiger partial charge in [0.25, 0.3) is 5.91 Å². The van der Waals surface area contributed by atoms with Crippen molar-refractivity contribution in [1.82, 2.24) is 35.8 Å². The predicted molar refractivity (Wildman–Crippen MR) is 275 cm³/mol. The molecule has 6 atom stereocenters. The molecule has 19 heteroatoms. The van der Waals surface area contributed by atoms with Crippen LogP contribution in [0.25, 0.3) is 0 Å². The predicted octanol–water partition coefficient (Wildman–Crippen LogP) is 5.02. The normalized spacial score (nSPS) is 16.3. The number of carbonyl (C=O) groups excluding carboxylic acids is 7. The first-order valence-electron chi connectivity index (χ1n) is 24.3. The molecule has 0 saturated heterocycles. The number of amides is 8. The molecule has 0 bridgehead atoms. The summed E-state index contributed by atoms with van der Waals surface area (Å²) in [6.45, 7) is 23.6. The Labute approximate surface area is 423 Å². The van der Waals surface area contributed by atoms with Crippen LogP contribution < -0.4 is 37.5 Å². The number of hydrogen-bond donors (Lipinski definition) is 7. The minimum atomic E-state index is -1.99. The molecule has 2 aromatic rings. The van der Waals surface area contributed by atoms with Crippen molar-refractivity contribution in [2.24, 2.45) is 28.7 Å². The van der Waals surface area contributed by atoms with Crippen molar-refractivity contribution < 1.29 is 42.5 Å². The number of carbonyl (C=O) groups is 7. The fraction of sp³-hybridized carbons (Fsp3) is 0.596. The van der Waals surface area contributed by atoms with Crippen LogP contribution in [0.5, 0.6) is 0 Å². The zero-order valence-electron chi connectivity index (χ0n) is 44.5. The maximum absolute atomic E-state index is 14.6. The number of likely N-dealkylation sites (N-methyl/N-ethyl adjacent to an activating group) is 2. The molecule has 8 amide bonds. The first-order chi connectivity index (χ1) is 32.7. The first-order valence-corrected chi connectivity index (χ1v) is 25.4. The number of nitrogens with zero attached hydrogens (tertiary/aromatic N) is 2. The zero-order chi connectivity index (χ0) is 54.0. The van der Waals surface area contributed by atoms with Crippen LogP contribution >= 0.6 is 0 Å². The van der Waals surface area contributed by atoms with Gasteiger partial charge in [0.1, 0.15) is 23.7 Å². The Bertz CT molecular complexity index is 2270. The lowest BCUT2D eigenvalue weighted by atomic mass is 9.76. The fourth-order valence-electron chi connectivity index (χ4n) is 8.17. The molecule has 0 radical (unpaired) electrons. The van der Waals surface area contributed by atoms with E-state index in [2.05, 4.69) is 26.0 Å². The van der Waals surface area contributed by atoms with Crippen molar-refractivity contribution in [3.63, 3.8) is 0 Å². The van der Waals surface area contributed by atoms with Crippen molar-refractivity contribution in [2.45, 2.75) is 167 Å². The fourth-order valence-corrected chi connectivity index (χ4v) is 9.00. The Morgan fingerprint density at radius 3 is 1.87 bits per heavy atom. The minimum Gasteiger partial charge on any atom is -0.444 e. The van der Waals surface area contributed by atoms with E-state index in [-0.39, 0.29) is 30.4 Å². The lowest BCUT2D eigenvalue weighted by molar-refractivity contribution is -0.141. The molecule has 3 rings (SSSR count). The van der Waals surface area contributed by atoms with Gasteiger partial charge in [0.2, 0.25) is 23.6 Å². The van der Waals surface area contributed by atoms with Gasteiger partial charge in [-0.25, -0.2) is 13.8 Å². The van der Waals surface area contributed by atoms with Gasteiger partial charge >= 0.3 is 12.1 Å². The molecule has 0 aliphatic heterocycles. The Kier molecular flexibility index (Phi) is 20.6. The Hall–Kier alpha value is -5.82. The number of primary amides is 1. The summed E-state index contributed by atoms with van der Waals surface area (Å²) in [6, 6.07) is 10.7. The van der Waals surface area contributed by atoms with E-state index >= 15 is 0 Å². The highest BCUT2D eigenvalue weighted by Gasteiger charge is 2.48. The van der Waals surface area contributed by atoms with E-state index in [1.807, 2.05) is 78.8 Å². The summed E-state index contributed by atoms with van der Waals surface area (Å²) in [4.78, 5) is 97.2. The average Bonchev–Trinajstić information content (AvgIpc) is 4.06. The van der Waals surface area contributed by atoms with E-state index in [1.165, 1.54) is 16.8 Å². The zero-order valence-corrected chi connectivity index (χ0v) is 45.3. The molecule has 0 aromatic heterocycles. The number of hydrogen-bond acceptors (Lipinski definition) is 10. The first kappa shape index (κ1) is 59.5. The molecule has 2 aromatic carbocycles. The van der Waals surface area contributed by atoms with Gasteiger partial charge in [0, 0.05) is 31.6 Å². The number of rotatable bonds is 22. The number of nitrogens with one attached hydrogen (secondary N) is 5. The summed E-state index contributed by atoms with van der Waals surface area (Å²) in [5.74, 6) is -2.87. The second-order valence-electron chi connectivity index (χ2n) is 22.0. The van der Waals surface area contributed by atoms with Crippen molar-refractivity contribution in [3.8, 4) is 0 Å². The van der Waals surface area contributed by atoms with Gasteiger partial charge in [-0.2, -0.15) is 0 Å². The van der Waals surface area contributed by atoms with Crippen LogP contribution in [0.1, 0.15) is 127 Å². The second-order valence-corrected chi connectivity index (χ2v) is 23.2. The van der Waals surface area contributed by atoms with Gasteiger partial charge in [-0.15, -0.1) is 0 Å². The standard InChI is InChI=1S/C52H81N9O9S/c1-31(2)38(60(14)46(66)40(49(6,7)8)57-45(65)41(61(15)48(68)70-50(9,10)11)51(12,13)34-20-17-16-18-21-34)30-33(5)42(62)59-71(69)36-25-23-35(24-26-36)52(27-28-52)58-43(63)37(22-19-29-55-47(54)67)56-44(64)39(53)32(3)4/h16-18,20-21,23-26,30-32,37-41H,19,22,27-29,53H2,1-15H3,(H,56,64)(H,57,65)(H,58,63)(H,59,62)(H3,54,55,67)/b33-30+/t37-,38-,39-,40-,41-,71?/m1/s1. The lowest BCUT2D eigenvalue weighted by Crippen LogP contribution is -2.63. The highest BCUT2D eigenvalue weighted by molar-refractivity contribution is 7.83. The Balaban J connectivity index is 1.80. The number of urea groups is 1. The molecule has 18 nitrogen and oxygen atoms in total. The van der Waals surface area contributed by atoms with Crippen molar-refractivity contribution in [1.29, 1.82) is 0 Å². The van der Waals surface area contributed by atoms with Crippen LogP contribution in [0.15, 0.2) is 71.1 Å². The number of nitrogens with two attached hydrogens (primary N) is 2. The SMILES string of the molecule is C/C(=C\[C@H](C(C)C)N(C)C(=O)[C@@H](NC(=O)[C@@H](N(C)C(=O)OC(C)(C)C)C(C)(C)c1ccccc1)C(C)(C)C)C(=O)NS(=O)c1ccc(C2(NC(=O)[C@@H](CCCNC(N)=O)NC(=O)[C@H](N)C(C)C)CC2)cc1. The third kappa shape index (κ3) is 16.6. The molecule has 0 heterocycles. The Morgan fingerprint density at radius 1 is 0.803 bits per heavy atom. The highest BCUT2D eigenvalue weighted by atomic mass is 32.2. The van der Waals surface area contributed by atoms with Crippen LogP contribution in [-0.4, -0.2) is 112 Å². The molecule has 394 valence electrons. The molecule has 1 fully saturated rings. The molecule has 1 unspecified atom stereocenters. The summed E-state index contributed by atoms with van der Waals surface area (Å²) >= 11 is 0. The van der Waals surface area contributed by atoms with Crippen LogP contribution in [0, 0.1) is 17.3 Å². The van der Waals surface area contributed by atoms with Gasteiger partial charge in [-0.1, -0.05) is 111 Å². The molecule has 1 aliphatic carbocycles. The number of benzene rings is 2. The van der Waals surface area contributed by atoms with Gasteiger partial charge in [-0.3, -0.25) is 33.6 Å². The van der Waals surface area contributed by atoms with Crippen molar-refractivity contribution in [3.05, 3.63) is 77.4 Å². The summed E-state index contributed by atoms with van der Waals surface area (Å²) < 4.78 is 21.8. The highest BCUT2D eigenvalue weighted by Crippen LogP contribution is 2.45. The number of ether oxygens (including phenoxy) is 1. The summed E-state index contributed by atoms with van der Waals surface area (Å²) in [7, 11) is 1.12. The molecule has 1 aliphatic rings. The van der Waals surface area contributed by atoms with E-state index < -0.39 is 105 Å². The van der Waals surface area contributed by atoms with Crippen LogP contribution in [-0.2, 0) is 50.6 Å². The van der Waals surface area contributed by atoms with Gasteiger partial charge in [0.05, 0.1) is 22.5 Å². The molecule has 9 N–H and O–H groups in total. The smallest absolute Gasteiger partial charge is 0.410 e. The minimum absolute atomic E-state index is 0.163. The summed E-state index contributed by atoms with van der Waals surface area (Å²) in [6.07, 6.45) is 2.75. The van der Waals surface area contributed by atoms with Gasteiger partial charge in [-0.05, 0) is 93.9 Å². The molecule has 71 heavy (non-hydrogen) atoms. The largest absolute Gasteiger partial charge is 0.444 e. The molecule has 1 saturated carbocycles. The summed E-state index contributed by atoms with van der Waals surface area (Å²) in [5.41, 5.74) is 9.67. The van der Waals surface area contributed by atoms with Crippen molar-refractivity contribution >= 4 is 52.6 Å². The third-order valence-corrected chi connectivity index (χ3v) is 13.8.